The zero-order chi connectivity index (χ0) is 9.30. The van der Waals surface area contributed by atoms with E-state index >= 15 is 0 Å². The van der Waals surface area contributed by atoms with Gasteiger partial charge < -0.3 is 0 Å². The van der Waals surface area contributed by atoms with Crippen LogP contribution in [0.4, 0.5) is 8.78 Å². The molecule has 0 aliphatic rings. The van der Waals surface area contributed by atoms with Gasteiger partial charge >= 0.3 is 0 Å². The van der Waals surface area contributed by atoms with Crippen LogP contribution >= 0.6 is 22.6 Å². The van der Waals surface area contributed by atoms with E-state index in [-0.39, 0.29) is 5.92 Å². The molecule has 1 aromatic carbocycles. The van der Waals surface area contributed by atoms with E-state index in [1.54, 1.807) is 34.7 Å². The van der Waals surface area contributed by atoms with Gasteiger partial charge in [0.05, 0.1) is 3.57 Å². The Morgan fingerprint density at radius 1 is 1.17 bits per heavy atom. The first-order chi connectivity index (χ1) is 5.54. The van der Waals surface area contributed by atoms with Crippen molar-refractivity contribution < 1.29 is 8.78 Å². The summed E-state index contributed by atoms with van der Waals surface area (Å²) in [7, 11) is 0. The molecule has 0 aliphatic carbocycles. The fourth-order valence-corrected chi connectivity index (χ4v) is 1.40. The molecule has 0 amide bonds. The number of benzene rings is 1. The molecule has 0 N–H and O–H groups in total. The van der Waals surface area contributed by atoms with Gasteiger partial charge in [-0.15, -0.1) is 0 Å². The van der Waals surface area contributed by atoms with Gasteiger partial charge in [0.25, 0.3) is 0 Å². The average Bonchev–Trinajstić information content (AvgIpc) is 2.00. The van der Waals surface area contributed by atoms with Gasteiger partial charge in [-0.3, -0.25) is 0 Å². The molecular weight excluding hydrogens is 273 g/mol. The molecular formula is C9H9F2I. The summed E-state index contributed by atoms with van der Waals surface area (Å²) in [6.07, 6.45) is 0. The molecule has 0 fully saturated rings. The molecule has 0 heterocycles. The summed E-state index contributed by atoms with van der Waals surface area (Å²) in [5, 5.41) is 0. The van der Waals surface area contributed by atoms with Gasteiger partial charge in [-0.05, 0) is 40.1 Å². The normalized spacial score (nSPS) is 10.8. The van der Waals surface area contributed by atoms with E-state index in [0.717, 1.165) is 0 Å². The fourth-order valence-electron chi connectivity index (χ4n) is 0.987. The van der Waals surface area contributed by atoms with Crippen LogP contribution in [-0.2, 0) is 0 Å². The van der Waals surface area contributed by atoms with Crippen molar-refractivity contribution in [3.05, 3.63) is 32.9 Å². The second-order valence-electron chi connectivity index (χ2n) is 2.92. The SMILES string of the molecule is CC(C)c1ccc(I)c(F)c1F. The van der Waals surface area contributed by atoms with E-state index in [1.807, 2.05) is 13.8 Å². The molecule has 0 atom stereocenters. The molecule has 0 radical (unpaired) electrons. The van der Waals surface area contributed by atoms with E-state index in [0.29, 0.717) is 9.13 Å². The smallest absolute Gasteiger partial charge is 0.172 e. The zero-order valence-corrected chi connectivity index (χ0v) is 9.02. The van der Waals surface area contributed by atoms with E-state index in [2.05, 4.69) is 0 Å². The van der Waals surface area contributed by atoms with Crippen molar-refractivity contribution in [1.82, 2.24) is 0 Å². The van der Waals surface area contributed by atoms with E-state index in [9.17, 15) is 8.78 Å². The number of halogens is 3. The third kappa shape index (κ3) is 1.76. The van der Waals surface area contributed by atoms with Crippen LogP contribution in [0.3, 0.4) is 0 Å². The minimum atomic E-state index is -0.734. The molecule has 0 aliphatic heterocycles. The van der Waals surface area contributed by atoms with Crippen molar-refractivity contribution in [3.63, 3.8) is 0 Å². The molecule has 0 saturated carbocycles. The molecule has 0 unspecified atom stereocenters. The third-order valence-electron chi connectivity index (χ3n) is 1.69. The topological polar surface area (TPSA) is 0 Å². The van der Waals surface area contributed by atoms with Crippen LogP contribution in [0, 0.1) is 15.2 Å². The second kappa shape index (κ2) is 3.68. The summed E-state index contributed by atoms with van der Waals surface area (Å²) in [6.45, 7) is 3.68. The average molecular weight is 282 g/mol. The predicted octanol–water partition coefficient (Wildman–Crippen LogP) is 3.69. The third-order valence-corrected chi connectivity index (χ3v) is 2.52. The lowest BCUT2D eigenvalue weighted by Gasteiger charge is -2.07. The van der Waals surface area contributed by atoms with Gasteiger partial charge in [-0.2, -0.15) is 0 Å². The van der Waals surface area contributed by atoms with Gasteiger partial charge in [0, 0.05) is 0 Å². The Hall–Kier alpha value is -0.190. The molecule has 12 heavy (non-hydrogen) atoms. The van der Waals surface area contributed by atoms with E-state index in [4.69, 9.17) is 0 Å². The maximum atomic E-state index is 13.1. The first-order valence-corrected chi connectivity index (χ1v) is 4.75. The van der Waals surface area contributed by atoms with Crippen LogP contribution in [0.15, 0.2) is 12.1 Å². The Balaban J connectivity index is 3.27. The maximum absolute atomic E-state index is 13.1. The van der Waals surface area contributed by atoms with E-state index in [1.165, 1.54) is 0 Å². The zero-order valence-electron chi connectivity index (χ0n) is 6.87. The molecule has 0 nitrogen and oxygen atoms in total. The Morgan fingerprint density at radius 3 is 2.25 bits per heavy atom. The second-order valence-corrected chi connectivity index (χ2v) is 4.08. The Bertz CT molecular complexity index is 295. The van der Waals surface area contributed by atoms with Crippen LogP contribution in [-0.4, -0.2) is 0 Å². The van der Waals surface area contributed by atoms with Crippen LogP contribution in [0.25, 0.3) is 0 Å². The minimum absolute atomic E-state index is 0.0245. The van der Waals surface area contributed by atoms with Gasteiger partial charge in [-0.25, -0.2) is 8.78 Å². The highest BCUT2D eigenvalue weighted by Crippen LogP contribution is 2.23. The quantitative estimate of drug-likeness (QED) is 0.544. The van der Waals surface area contributed by atoms with E-state index < -0.39 is 11.6 Å². The van der Waals surface area contributed by atoms with Gasteiger partial charge in [-0.1, -0.05) is 19.9 Å². The first kappa shape index (κ1) is 9.89. The van der Waals surface area contributed by atoms with Crippen LogP contribution in [0.1, 0.15) is 25.3 Å². The number of hydrogen-bond donors (Lipinski definition) is 0. The maximum Gasteiger partial charge on any atom is 0.172 e. The predicted molar refractivity (Wildman–Crippen MR) is 53.2 cm³/mol. The summed E-state index contributed by atoms with van der Waals surface area (Å²) < 4.78 is 26.4. The first-order valence-electron chi connectivity index (χ1n) is 3.67. The minimum Gasteiger partial charge on any atom is -0.203 e. The summed E-state index contributed by atoms with van der Waals surface area (Å²) in [5.74, 6) is -1.42. The summed E-state index contributed by atoms with van der Waals surface area (Å²) in [5.41, 5.74) is 0.438. The Kier molecular flexibility index (Phi) is 3.04. The van der Waals surface area contributed by atoms with Crippen molar-refractivity contribution in [2.24, 2.45) is 0 Å². The van der Waals surface area contributed by atoms with Crippen molar-refractivity contribution in [1.29, 1.82) is 0 Å². The van der Waals surface area contributed by atoms with Crippen LogP contribution in [0.2, 0.25) is 0 Å². The fraction of sp³-hybridized carbons (Fsp3) is 0.333. The molecule has 3 heteroatoms. The van der Waals surface area contributed by atoms with Crippen molar-refractivity contribution >= 4 is 22.6 Å². The van der Waals surface area contributed by atoms with Gasteiger partial charge in [0.15, 0.2) is 11.6 Å². The van der Waals surface area contributed by atoms with Crippen molar-refractivity contribution in [3.8, 4) is 0 Å². The number of rotatable bonds is 1. The lowest BCUT2D eigenvalue weighted by molar-refractivity contribution is 0.489. The van der Waals surface area contributed by atoms with Crippen molar-refractivity contribution in [2.75, 3.05) is 0 Å². The van der Waals surface area contributed by atoms with Gasteiger partial charge in [0.2, 0.25) is 0 Å². The summed E-state index contributed by atoms with van der Waals surface area (Å²) in [4.78, 5) is 0. The molecule has 0 saturated heterocycles. The molecule has 66 valence electrons. The monoisotopic (exact) mass is 282 g/mol. The molecule has 0 bridgehead atoms. The summed E-state index contributed by atoms with van der Waals surface area (Å²) in [6, 6.07) is 3.22. The Morgan fingerprint density at radius 2 is 1.75 bits per heavy atom. The number of hydrogen-bond acceptors (Lipinski definition) is 0. The lowest BCUT2D eigenvalue weighted by Crippen LogP contribution is -1.98. The largest absolute Gasteiger partial charge is 0.203 e. The summed E-state index contributed by atoms with van der Waals surface area (Å²) >= 11 is 1.78. The highest BCUT2D eigenvalue weighted by atomic mass is 127. The molecule has 0 aromatic heterocycles. The lowest BCUT2D eigenvalue weighted by atomic mass is 10.0. The molecule has 1 rings (SSSR count). The molecule has 1 aromatic rings. The van der Waals surface area contributed by atoms with Gasteiger partial charge in [0.1, 0.15) is 0 Å². The highest BCUT2D eigenvalue weighted by Gasteiger charge is 2.13. The standard InChI is InChI=1S/C9H9F2I/c1-5(2)6-3-4-7(12)9(11)8(6)10/h3-5H,1-2H3. The van der Waals surface area contributed by atoms with Crippen LogP contribution in [0.5, 0.6) is 0 Å². The van der Waals surface area contributed by atoms with Crippen molar-refractivity contribution in [2.45, 2.75) is 19.8 Å². The molecule has 0 spiro atoms. The van der Waals surface area contributed by atoms with Crippen LogP contribution < -0.4 is 0 Å². The highest BCUT2D eigenvalue weighted by molar-refractivity contribution is 14.1. The Labute approximate surface area is 84.1 Å².